The van der Waals surface area contributed by atoms with Gasteiger partial charge in [-0.2, -0.15) is 4.98 Å². The molecule has 0 bridgehead atoms. The number of amides is 1. The Morgan fingerprint density at radius 2 is 2.06 bits per heavy atom. The molecule has 0 spiro atoms. The number of carbonyl (C=O) groups excluding carboxylic acids is 1. The molecule has 9 heteroatoms. The maximum Gasteiger partial charge on any atom is 0.295 e. The van der Waals surface area contributed by atoms with Gasteiger partial charge in [-0.3, -0.25) is 4.79 Å². The highest BCUT2D eigenvalue weighted by molar-refractivity contribution is 6.31. The number of aromatic nitrogens is 3. The molecular weight excluding hydrogens is 469 g/mol. The summed E-state index contributed by atoms with van der Waals surface area (Å²) in [7, 11) is 0. The van der Waals surface area contributed by atoms with Gasteiger partial charge in [-0.25, -0.2) is 14.4 Å². The molecule has 7 nitrogen and oxygen atoms in total. The van der Waals surface area contributed by atoms with E-state index in [9.17, 15) is 9.18 Å². The third kappa shape index (κ3) is 4.71. The van der Waals surface area contributed by atoms with E-state index >= 15 is 0 Å². The second kappa shape index (κ2) is 9.62. The maximum atomic E-state index is 14.3. The summed E-state index contributed by atoms with van der Waals surface area (Å²) < 4.78 is 20.1. The van der Waals surface area contributed by atoms with Crippen LogP contribution in [0.25, 0.3) is 22.5 Å². The molecule has 0 saturated carbocycles. The van der Waals surface area contributed by atoms with Crippen molar-refractivity contribution in [1.29, 1.82) is 0 Å². The molecule has 2 atom stereocenters. The number of piperidine rings is 1. The first-order valence-electron chi connectivity index (χ1n) is 11.6. The number of benzene rings is 2. The minimum absolute atomic E-state index is 0.108. The van der Waals surface area contributed by atoms with Crippen molar-refractivity contribution in [3.63, 3.8) is 0 Å². The first-order valence-corrected chi connectivity index (χ1v) is 12.0. The molecule has 1 amide bonds. The van der Waals surface area contributed by atoms with Crippen LogP contribution in [0.2, 0.25) is 5.02 Å². The number of nitrogens with one attached hydrogen (secondary N) is 1. The number of carbonyl (C=O) groups is 1. The molecule has 1 aliphatic heterocycles. The zero-order chi connectivity index (χ0) is 24.5. The minimum atomic E-state index is -0.428. The summed E-state index contributed by atoms with van der Waals surface area (Å²) in [5.41, 5.74) is 2.68. The van der Waals surface area contributed by atoms with Crippen LogP contribution in [-0.4, -0.2) is 44.9 Å². The van der Waals surface area contributed by atoms with Crippen molar-refractivity contribution >= 4 is 34.6 Å². The number of aryl methyl sites for hydroxylation is 1. The van der Waals surface area contributed by atoms with Gasteiger partial charge in [0.1, 0.15) is 11.3 Å². The average Bonchev–Trinajstić information content (AvgIpc) is 3.25. The van der Waals surface area contributed by atoms with Crippen molar-refractivity contribution < 1.29 is 13.6 Å². The fraction of sp³-hybridized carbons (Fsp3) is 0.308. The molecule has 180 valence electrons. The van der Waals surface area contributed by atoms with E-state index in [1.54, 1.807) is 43.6 Å². The van der Waals surface area contributed by atoms with E-state index in [2.05, 4.69) is 27.2 Å². The molecule has 4 aromatic rings. The van der Waals surface area contributed by atoms with Crippen molar-refractivity contribution in [2.24, 2.45) is 5.92 Å². The van der Waals surface area contributed by atoms with Gasteiger partial charge in [-0.15, -0.1) is 0 Å². The highest BCUT2D eigenvalue weighted by atomic mass is 35.5. The predicted molar refractivity (Wildman–Crippen MR) is 133 cm³/mol. The zero-order valence-corrected chi connectivity index (χ0v) is 20.2. The van der Waals surface area contributed by atoms with Crippen LogP contribution in [0.4, 0.5) is 10.4 Å². The van der Waals surface area contributed by atoms with Crippen LogP contribution in [-0.2, 0) is 0 Å². The molecule has 2 unspecified atom stereocenters. The largest absolute Gasteiger partial charge is 0.424 e. The Kier molecular flexibility index (Phi) is 6.38. The summed E-state index contributed by atoms with van der Waals surface area (Å²) >= 11 is 6.05. The minimum Gasteiger partial charge on any atom is -0.424 e. The summed E-state index contributed by atoms with van der Waals surface area (Å²) in [5, 5.41) is 3.84. The zero-order valence-electron chi connectivity index (χ0n) is 19.5. The van der Waals surface area contributed by atoms with Gasteiger partial charge in [0.15, 0.2) is 11.4 Å². The number of hydrogen-bond donors (Lipinski definition) is 1. The van der Waals surface area contributed by atoms with Gasteiger partial charge >= 0.3 is 0 Å². The Morgan fingerprint density at radius 1 is 1.26 bits per heavy atom. The third-order valence-electron chi connectivity index (χ3n) is 6.51. The van der Waals surface area contributed by atoms with Crippen molar-refractivity contribution in [1.82, 2.24) is 19.9 Å². The Bertz CT molecular complexity index is 1380. The van der Waals surface area contributed by atoms with Gasteiger partial charge in [0, 0.05) is 42.1 Å². The van der Waals surface area contributed by atoms with Crippen LogP contribution in [0, 0.1) is 18.7 Å². The van der Waals surface area contributed by atoms with Crippen LogP contribution in [0.3, 0.4) is 0 Å². The van der Waals surface area contributed by atoms with Crippen molar-refractivity contribution in [3.8, 4) is 11.4 Å². The van der Waals surface area contributed by atoms with E-state index in [-0.39, 0.29) is 17.9 Å². The maximum absolute atomic E-state index is 14.3. The van der Waals surface area contributed by atoms with E-state index in [1.807, 2.05) is 4.90 Å². The second-order valence-electron chi connectivity index (χ2n) is 8.92. The molecule has 1 aliphatic rings. The molecule has 35 heavy (non-hydrogen) atoms. The van der Waals surface area contributed by atoms with E-state index in [1.165, 1.54) is 12.1 Å². The van der Waals surface area contributed by atoms with E-state index in [0.717, 1.165) is 12.8 Å². The molecule has 1 N–H and O–H groups in total. The van der Waals surface area contributed by atoms with E-state index in [0.29, 0.717) is 57.7 Å². The molecule has 3 heterocycles. The molecule has 2 aromatic heterocycles. The van der Waals surface area contributed by atoms with Gasteiger partial charge < -0.3 is 14.6 Å². The summed E-state index contributed by atoms with van der Waals surface area (Å²) in [4.78, 5) is 28.8. The molecule has 5 rings (SSSR count). The Balaban J connectivity index is 1.44. The molecule has 0 aliphatic carbocycles. The van der Waals surface area contributed by atoms with Crippen LogP contribution in [0.5, 0.6) is 0 Å². The number of nitrogens with zero attached hydrogens (tertiary/aromatic N) is 4. The normalized spacial score (nSPS) is 18.1. The van der Waals surface area contributed by atoms with Gasteiger partial charge in [0.2, 0.25) is 0 Å². The standard InChI is InChI=1S/C26H25ClFN5O2/c1-15-5-3-10-33(21(15)14-31-26-32-20-7-6-17(27)12-22(20)35-26)25(34)23-16(2)11-18(28)13-19(23)24-29-8-4-9-30-24/h4,6-9,11-13,15,21H,3,5,10,14H2,1-2H3,(H,31,32). The number of fused-ring (bicyclic) bond motifs is 1. The van der Waals surface area contributed by atoms with Gasteiger partial charge in [0.05, 0.1) is 11.6 Å². The smallest absolute Gasteiger partial charge is 0.295 e. The van der Waals surface area contributed by atoms with Gasteiger partial charge in [-0.1, -0.05) is 18.5 Å². The van der Waals surface area contributed by atoms with Crippen molar-refractivity contribution in [2.75, 3.05) is 18.4 Å². The number of likely N-dealkylation sites (tertiary alicyclic amines) is 1. The van der Waals surface area contributed by atoms with Crippen molar-refractivity contribution in [2.45, 2.75) is 32.7 Å². The lowest BCUT2D eigenvalue weighted by Gasteiger charge is -2.40. The quantitative estimate of drug-likeness (QED) is 0.381. The number of hydrogen-bond acceptors (Lipinski definition) is 6. The average molecular weight is 494 g/mol. The molecular formula is C26H25ClFN5O2. The molecule has 0 radical (unpaired) electrons. The Labute approximate surface area is 207 Å². The first kappa shape index (κ1) is 23.2. The van der Waals surface area contributed by atoms with E-state index in [4.69, 9.17) is 16.0 Å². The molecule has 1 saturated heterocycles. The topological polar surface area (TPSA) is 84.2 Å². The summed E-state index contributed by atoms with van der Waals surface area (Å²) in [5.74, 6) is -0.0185. The highest BCUT2D eigenvalue weighted by Crippen LogP contribution is 2.31. The van der Waals surface area contributed by atoms with Crippen LogP contribution in [0.15, 0.2) is 53.2 Å². The summed E-state index contributed by atoms with van der Waals surface area (Å²) in [6.07, 6.45) is 5.05. The fourth-order valence-corrected chi connectivity index (χ4v) is 4.93. The van der Waals surface area contributed by atoms with Gasteiger partial charge in [-0.05, 0) is 61.6 Å². The first-order chi connectivity index (χ1) is 16.9. The van der Waals surface area contributed by atoms with Gasteiger partial charge in [0.25, 0.3) is 11.9 Å². The lowest BCUT2D eigenvalue weighted by atomic mass is 9.89. The van der Waals surface area contributed by atoms with Crippen molar-refractivity contribution in [3.05, 3.63) is 70.8 Å². The SMILES string of the molecule is Cc1cc(F)cc(-c2ncccn2)c1C(=O)N1CCCC(C)C1CNc1nc2ccc(Cl)cc2o1. The fourth-order valence-electron chi connectivity index (χ4n) is 4.76. The highest BCUT2D eigenvalue weighted by Gasteiger charge is 2.34. The lowest BCUT2D eigenvalue weighted by Crippen LogP contribution is -2.51. The Hall–Kier alpha value is -3.52. The lowest BCUT2D eigenvalue weighted by molar-refractivity contribution is 0.0539. The predicted octanol–water partition coefficient (Wildman–Crippen LogP) is 5.74. The molecule has 1 fully saturated rings. The summed E-state index contributed by atoms with van der Waals surface area (Å²) in [6, 6.07) is 9.95. The van der Waals surface area contributed by atoms with Crippen LogP contribution < -0.4 is 5.32 Å². The number of oxazole rings is 1. The molecule has 2 aromatic carbocycles. The Morgan fingerprint density at radius 3 is 2.86 bits per heavy atom. The van der Waals surface area contributed by atoms with E-state index < -0.39 is 5.82 Å². The monoisotopic (exact) mass is 493 g/mol. The number of anilines is 1. The number of rotatable bonds is 5. The summed E-state index contributed by atoms with van der Waals surface area (Å²) in [6.45, 7) is 4.94. The van der Waals surface area contributed by atoms with Crippen LogP contribution >= 0.6 is 11.6 Å². The number of halogens is 2. The second-order valence-corrected chi connectivity index (χ2v) is 9.35. The van der Waals surface area contributed by atoms with Crippen LogP contribution in [0.1, 0.15) is 35.7 Å². The third-order valence-corrected chi connectivity index (χ3v) is 6.75.